The first-order valence-electron chi connectivity index (χ1n) is 18.0. The summed E-state index contributed by atoms with van der Waals surface area (Å²) in [4.78, 5) is 34.2. The number of benzene rings is 4. The zero-order valence-electron chi connectivity index (χ0n) is 29.3. The van der Waals surface area contributed by atoms with Crippen molar-refractivity contribution in [3.63, 3.8) is 0 Å². The second-order valence-electron chi connectivity index (χ2n) is 13.0. The Hall–Kier alpha value is -5.48. The number of carbonyl (C=O) groups excluding carboxylic acids is 1. The van der Waals surface area contributed by atoms with Crippen molar-refractivity contribution in [3.05, 3.63) is 155 Å². The van der Waals surface area contributed by atoms with E-state index < -0.39 is 12.0 Å². The summed E-state index contributed by atoms with van der Waals surface area (Å²) in [6.07, 6.45) is 7.73. The summed E-state index contributed by atoms with van der Waals surface area (Å²) in [5.41, 5.74) is 11.7. The number of carboxylic acid groups (broad SMARTS) is 1. The van der Waals surface area contributed by atoms with Crippen LogP contribution < -0.4 is 21.7 Å². The fourth-order valence-corrected chi connectivity index (χ4v) is 6.90. The standard InChI is InChI=1S/C32H35N5O3.C11H11N/c38-31(37-29(32(39)40)14-7-18-35-28-13-5-8-22-9-6-19-36-30(22)28)27-16-15-23(25-11-1-2-12-26(25)27)20-33-21-24-10-3-4-17-34-24;12-8-10-6-3-5-9-4-1-2-7-11(9)10/h1-4,6,9-12,15-17,19,28-29,33,35H,5,7-8,13-14,18,20-21H2,(H,37,38)(H,39,40);1-7H,8,12H2/t28?,29-;/m0./s1. The number of amides is 1. The number of aliphatic carboxylic acids is 1. The number of hydrogen-bond acceptors (Lipinski definition) is 7. The summed E-state index contributed by atoms with van der Waals surface area (Å²) in [7, 11) is 0. The molecule has 9 heteroatoms. The summed E-state index contributed by atoms with van der Waals surface area (Å²) in [6.45, 7) is 2.52. The third kappa shape index (κ3) is 9.24. The zero-order chi connectivity index (χ0) is 36.1. The molecule has 2 aromatic heterocycles. The van der Waals surface area contributed by atoms with Crippen molar-refractivity contribution in [2.24, 2.45) is 5.73 Å². The van der Waals surface area contributed by atoms with Crippen LogP contribution in [0.1, 0.15) is 70.2 Å². The molecule has 0 aliphatic heterocycles. The van der Waals surface area contributed by atoms with E-state index >= 15 is 0 Å². The number of nitrogens with zero attached hydrogens (tertiary/aromatic N) is 2. The molecule has 2 atom stereocenters. The summed E-state index contributed by atoms with van der Waals surface area (Å²) in [5, 5.41) is 23.8. The number of nitrogens with two attached hydrogens (primary N) is 1. The SMILES string of the molecule is NCc1cccc2ccccc12.O=C(N[C@@H](CCCNC1CCCc2cccnc21)C(=O)O)c1ccc(CNCc2ccccn2)c2ccccc12. The van der Waals surface area contributed by atoms with Gasteiger partial charge in [0.15, 0.2) is 0 Å². The number of fused-ring (bicyclic) bond motifs is 3. The van der Waals surface area contributed by atoms with Gasteiger partial charge in [-0.15, -0.1) is 0 Å². The van der Waals surface area contributed by atoms with Crippen LogP contribution in [0.4, 0.5) is 0 Å². The molecule has 0 spiro atoms. The molecule has 6 N–H and O–H groups in total. The number of pyridine rings is 2. The number of carboxylic acids is 1. The largest absolute Gasteiger partial charge is 0.480 e. The van der Waals surface area contributed by atoms with E-state index in [4.69, 9.17) is 5.73 Å². The highest BCUT2D eigenvalue weighted by Gasteiger charge is 2.23. The van der Waals surface area contributed by atoms with E-state index in [0.29, 0.717) is 44.6 Å². The molecule has 266 valence electrons. The summed E-state index contributed by atoms with van der Waals surface area (Å²) in [6, 6.07) is 35.1. The van der Waals surface area contributed by atoms with Crippen molar-refractivity contribution in [1.29, 1.82) is 0 Å². The number of rotatable bonds is 13. The molecule has 1 aliphatic carbocycles. The van der Waals surface area contributed by atoms with Gasteiger partial charge in [0.1, 0.15) is 6.04 Å². The minimum absolute atomic E-state index is 0.186. The molecule has 0 saturated heterocycles. The lowest BCUT2D eigenvalue weighted by Gasteiger charge is -2.25. The third-order valence-corrected chi connectivity index (χ3v) is 9.57. The van der Waals surface area contributed by atoms with Crippen LogP contribution >= 0.6 is 0 Å². The molecule has 0 bridgehead atoms. The van der Waals surface area contributed by atoms with Crippen molar-refractivity contribution in [3.8, 4) is 0 Å². The van der Waals surface area contributed by atoms with Gasteiger partial charge in [-0.1, -0.05) is 84.9 Å². The molecule has 7 rings (SSSR count). The first kappa shape index (κ1) is 36.3. The Morgan fingerprint density at radius 3 is 2.37 bits per heavy atom. The van der Waals surface area contributed by atoms with E-state index in [1.54, 1.807) is 12.3 Å². The molecular weight excluding hydrogens is 649 g/mol. The highest BCUT2D eigenvalue weighted by molar-refractivity contribution is 6.08. The quantitative estimate of drug-likeness (QED) is 0.0827. The minimum Gasteiger partial charge on any atom is -0.480 e. The van der Waals surface area contributed by atoms with Crippen LogP contribution in [0.15, 0.2) is 122 Å². The normalized spacial score (nSPS) is 14.2. The lowest BCUT2D eigenvalue weighted by atomic mass is 9.92. The molecule has 0 radical (unpaired) electrons. The van der Waals surface area contributed by atoms with Gasteiger partial charge >= 0.3 is 5.97 Å². The van der Waals surface area contributed by atoms with E-state index in [9.17, 15) is 14.7 Å². The van der Waals surface area contributed by atoms with Crippen LogP contribution in [0.5, 0.6) is 0 Å². The van der Waals surface area contributed by atoms with Crippen molar-refractivity contribution < 1.29 is 14.7 Å². The van der Waals surface area contributed by atoms with Crippen LogP contribution in [0, 0.1) is 0 Å². The summed E-state index contributed by atoms with van der Waals surface area (Å²) < 4.78 is 0. The Balaban J connectivity index is 0.000000325. The zero-order valence-corrected chi connectivity index (χ0v) is 29.3. The lowest BCUT2D eigenvalue weighted by molar-refractivity contribution is -0.139. The lowest BCUT2D eigenvalue weighted by Crippen LogP contribution is -2.41. The van der Waals surface area contributed by atoms with Gasteiger partial charge in [0.2, 0.25) is 0 Å². The fraction of sp³-hybridized carbons (Fsp3) is 0.256. The maximum Gasteiger partial charge on any atom is 0.326 e. The van der Waals surface area contributed by atoms with Crippen molar-refractivity contribution in [2.45, 2.75) is 63.8 Å². The van der Waals surface area contributed by atoms with Gasteiger partial charge in [-0.05, 0) is 101 Å². The Bertz CT molecular complexity index is 2100. The topological polar surface area (TPSA) is 142 Å². The molecule has 0 saturated carbocycles. The van der Waals surface area contributed by atoms with Crippen molar-refractivity contribution in [2.75, 3.05) is 6.54 Å². The Morgan fingerprint density at radius 2 is 1.56 bits per heavy atom. The first-order valence-corrected chi connectivity index (χ1v) is 18.0. The van der Waals surface area contributed by atoms with E-state index in [1.165, 1.54) is 21.9 Å². The molecule has 1 aliphatic rings. The van der Waals surface area contributed by atoms with E-state index in [1.807, 2.05) is 79.0 Å². The van der Waals surface area contributed by atoms with Crippen LogP contribution in [-0.2, 0) is 30.8 Å². The van der Waals surface area contributed by atoms with Crippen LogP contribution in [-0.4, -0.2) is 39.5 Å². The van der Waals surface area contributed by atoms with Crippen molar-refractivity contribution in [1.82, 2.24) is 25.9 Å². The van der Waals surface area contributed by atoms with Gasteiger partial charge in [-0.2, -0.15) is 0 Å². The molecule has 4 aromatic carbocycles. The number of nitrogens with one attached hydrogen (secondary N) is 3. The number of hydrogen-bond donors (Lipinski definition) is 5. The highest BCUT2D eigenvalue weighted by Crippen LogP contribution is 2.28. The predicted octanol–water partition coefficient (Wildman–Crippen LogP) is 6.85. The van der Waals surface area contributed by atoms with Gasteiger partial charge in [0.05, 0.1) is 11.4 Å². The van der Waals surface area contributed by atoms with Crippen molar-refractivity contribution >= 4 is 33.4 Å². The number of aryl methyl sites for hydroxylation is 1. The minimum atomic E-state index is -1.03. The van der Waals surface area contributed by atoms with E-state index in [-0.39, 0.29) is 11.9 Å². The van der Waals surface area contributed by atoms with Crippen LogP contribution in [0.3, 0.4) is 0 Å². The molecular formula is C43H46N6O3. The number of aromatic nitrogens is 2. The molecule has 52 heavy (non-hydrogen) atoms. The molecule has 1 amide bonds. The number of carbonyl (C=O) groups is 2. The maximum absolute atomic E-state index is 13.3. The Kier molecular flexibility index (Phi) is 12.7. The predicted molar refractivity (Wildman–Crippen MR) is 207 cm³/mol. The van der Waals surface area contributed by atoms with Gasteiger partial charge in [-0.25, -0.2) is 4.79 Å². The molecule has 1 unspecified atom stereocenters. The van der Waals surface area contributed by atoms with Gasteiger partial charge in [0, 0.05) is 43.6 Å². The first-order chi connectivity index (χ1) is 25.5. The van der Waals surface area contributed by atoms with E-state index in [0.717, 1.165) is 47.0 Å². The Labute approximate surface area is 304 Å². The second kappa shape index (κ2) is 18.1. The monoisotopic (exact) mass is 694 g/mol. The third-order valence-electron chi connectivity index (χ3n) is 9.57. The summed E-state index contributed by atoms with van der Waals surface area (Å²) >= 11 is 0. The average molecular weight is 695 g/mol. The fourth-order valence-electron chi connectivity index (χ4n) is 6.90. The second-order valence-corrected chi connectivity index (χ2v) is 13.0. The van der Waals surface area contributed by atoms with Gasteiger partial charge < -0.3 is 26.8 Å². The maximum atomic E-state index is 13.3. The molecule has 9 nitrogen and oxygen atoms in total. The van der Waals surface area contributed by atoms with E-state index in [2.05, 4.69) is 56.3 Å². The Morgan fingerprint density at radius 1 is 0.788 bits per heavy atom. The average Bonchev–Trinajstić information content (AvgIpc) is 3.19. The molecule has 2 heterocycles. The molecule has 6 aromatic rings. The highest BCUT2D eigenvalue weighted by atomic mass is 16.4. The van der Waals surface area contributed by atoms with Gasteiger partial charge in [-0.3, -0.25) is 14.8 Å². The summed E-state index contributed by atoms with van der Waals surface area (Å²) in [5.74, 6) is -1.41. The molecule has 0 fully saturated rings. The smallest absolute Gasteiger partial charge is 0.326 e. The van der Waals surface area contributed by atoms with Crippen LogP contribution in [0.25, 0.3) is 21.5 Å². The van der Waals surface area contributed by atoms with Crippen LogP contribution in [0.2, 0.25) is 0 Å². The van der Waals surface area contributed by atoms with Gasteiger partial charge in [0.25, 0.3) is 5.91 Å².